The molecule has 1 aromatic carbocycles. The van der Waals surface area contributed by atoms with Gasteiger partial charge in [0.15, 0.2) is 0 Å². The summed E-state index contributed by atoms with van der Waals surface area (Å²) in [5.41, 5.74) is 1.52. The number of Topliss-reactive ketones (excluding diaryl/α,β-unsaturated/α-hetero) is 1. The lowest BCUT2D eigenvalue weighted by Gasteiger charge is -2.42. The van der Waals surface area contributed by atoms with Gasteiger partial charge in [-0.05, 0) is 23.4 Å². The topological polar surface area (TPSA) is 17.1 Å². The van der Waals surface area contributed by atoms with Crippen molar-refractivity contribution in [2.75, 3.05) is 0 Å². The molecule has 0 aliphatic heterocycles. The summed E-state index contributed by atoms with van der Waals surface area (Å²) in [5.74, 6) is 0.475. The summed E-state index contributed by atoms with van der Waals surface area (Å²) in [6, 6.07) is 10.5. The highest BCUT2D eigenvalue weighted by molar-refractivity contribution is 6.84. The zero-order valence-corrected chi connectivity index (χ0v) is 15.0. The van der Waals surface area contributed by atoms with Gasteiger partial charge in [-0.1, -0.05) is 71.1 Å². The van der Waals surface area contributed by atoms with E-state index in [1.54, 1.807) is 0 Å². The number of hydrogen-bond donors (Lipinski definition) is 0. The van der Waals surface area contributed by atoms with Gasteiger partial charge in [0.2, 0.25) is 0 Å². The number of carbonyl (C=O) groups is 1. The molecule has 0 saturated heterocycles. The minimum absolute atomic E-state index is 0.227. The van der Waals surface area contributed by atoms with Gasteiger partial charge < -0.3 is 0 Å². The van der Waals surface area contributed by atoms with Crippen LogP contribution in [0.15, 0.2) is 30.3 Å². The van der Waals surface area contributed by atoms with E-state index in [4.69, 9.17) is 0 Å². The monoisotopic (exact) mass is 290 g/mol. The fourth-order valence-corrected chi connectivity index (χ4v) is 5.31. The Balaban J connectivity index is 3.06. The Morgan fingerprint density at radius 3 is 2.15 bits per heavy atom. The first-order valence-corrected chi connectivity index (χ1v) is 10.8. The molecule has 1 aromatic rings. The molecule has 0 aliphatic carbocycles. The third-order valence-corrected chi connectivity index (χ3v) is 11.1. The van der Waals surface area contributed by atoms with Gasteiger partial charge in [-0.25, -0.2) is 0 Å². The van der Waals surface area contributed by atoms with Crippen LogP contribution < -0.4 is 0 Å². The van der Waals surface area contributed by atoms with E-state index in [2.05, 4.69) is 65.1 Å². The Bertz CT molecular complexity index is 428. The summed E-state index contributed by atoms with van der Waals surface area (Å²) < 4.78 is 0. The molecule has 0 aliphatic rings. The molecule has 0 bridgehead atoms. The van der Waals surface area contributed by atoms with E-state index in [-0.39, 0.29) is 10.6 Å². The van der Waals surface area contributed by atoms with Crippen molar-refractivity contribution < 1.29 is 4.79 Å². The molecule has 1 nitrogen and oxygen atoms in total. The summed E-state index contributed by atoms with van der Waals surface area (Å²) >= 11 is 0. The highest BCUT2D eigenvalue weighted by Crippen LogP contribution is 2.45. The van der Waals surface area contributed by atoms with Crippen LogP contribution in [0.3, 0.4) is 0 Å². The Labute approximate surface area is 125 Å². The number of rotatable bonds is 6. The SMILES string of the molecule is CCCC(=O)[C@H](Cc1ccccc1)[Si](C)(C)C(C)(C)C. The molecule has 0 fully saturated rings. The van der Waals surface area contributed by atoms with E-state index < -0.39 is 8.07 Å². The van der Waals surface area contributed by atoms with Crippen LogP contribution in [0.5, 0.6) is 0 Å². The van der Waals surface area contributed by atoms with Crippen LogP contribution in [0.25, 0.3) is 0 Å². The molecule has 0 aromatic heterocycles. The van der Waals surface area contributed by atoms with Crippen molar-refractivity contribution in [2.45, 2.75) is 70.6 Å². The van der Waals surface area contributed by atoms with Gasteiger partial charge in [-0.3, -0.25) is 4.79 Å². The summed E-state index contributed by atoms with van der Waals surface area (Å²) in [6.45, 7) is 13.8. The minimum atomic E-state index is -1.67. The van der Waals surface area contributed by atoms with E-state index in [0.717, 1.165) is 19.3 Å². The first kappa shape index (κ1) is 17.2. The first-order chi connectivity index (χ1) is 9.20. The van der Waals surface area contributed by atoms with E-state index in [1.165, 1.54) is 5.56 Å². The molecule has 0 heterocycles. The maximum Gasteiger partial charge on any atom is 0.133 e. The van der Waals surface area contributed by atoms with Crippen molar-refractivity contribution in [3.05, 3.63) is 35.9 Å². The molecule has 2 heteroatoms. The molecular weight excluding hydrogens is 260 g/mol. The summed E-state index contributed by atoms with van der Waals surface area (Å²) in [6.07, 6.45) is 2.60. The highest BCUT2D eigenvalue weighted by Gasteiger charge is 2.44. The third-order valence-electron chi connectivity index (χ3n) is 4.97. The van der Waals surface area contributed by atoms with Gasteiger partial charge >= 0.3 is 0 Å². The van der Waals surface area contributed by atoms with Crippen molar-refractivity contribution in [1.82, 2.24) is 0 Å². The maximum atomic E-state index is 12.7. The van der Waals surface area contributed by atoms with Gasteiger partial charge in [0.25, 0.3) is 0 Å². The van der Waals surface area contributed by atoms with Crippen molar-refractivity contribution in [2.24, 2.45) is 0 Å². The zero-order chi connectivity index (χ0) is 15.4. The van der Waals surface area contributed by atoms with E-state index in [9.17, 15) is 4.79 Å². The average molecular weight is 291 g/mol. The normalized spacial score (nSPS) is 14.1. The van der Waals surface area contributed by atoms with Crippen molar-refractivity contribution in [3.8, 4) is 0 Å². The maximum absolute atomic E-state index is 12.7. The molecule has 0 radical (unpaired) electrons. The second-order valence-electron chi connectivity index (χ2n) is 7.43. The van der Waals surface area contributed by atoms with Gasteiger partial charge in [-0.2, -0.15) is 0 Å². The molecule has 0 unspecified atom stereocenters. The Hall–Kier alpha value is -0.893. The number of hydrogen-bond acceptors (Lipinski definition) is 1. The fourth-order valence-electron chi connectivity index (χ4n) is 2.56. The predicted octanol–water partition coefficient (Wildman–Crippen LogP) is 5.48. The molecular formula is C18H30OSi. The molecule has 1 rings (SSSR count). The van der Waals surface area contributed by atoms with E-state index >= 15 is 0 Å². The van der Waals surface area contributed by atoms with E-state index in [1.807, 2.05) is 6.07 Å². The standard InChI is InChI=1S/C18H30OSi/c1-7-11-16(19)17(20(5,6)18(2,3)4)14-15-12-9-8-10-13-15/h8-10,12-13,17H,7,11,14H2,1-6H3/t17-/m0/s1. The quantitative estimate of drug-likeness (QED) is 0.634. The predicted molar refractivity (Wildman–Crippen MR) is 91.0 cm³/mol. The lowest BCUT2D eigenvalue weighted by atomic mass is 10.0. The number of carbonyl (C=O) groups excluding carboxylic acids is 1. The van der Waals surface area contributed by atoms with Gasteiger partial charge in [0, 0.05) is 12.0 Å². The second-order valence-corrected chi connectivity index (χ2v) is 13.1. The molecule has 1 atom stereocenters. The van der Waals surface area contributed by atoms with Crippen LogP contribution in [0, 0.1) is 0 Å². The van der Waals surface area contributed by atoms with Crippen molar-refractivity contribution in [3.63, 3.8) is 0 Å². The summed E-state index contributed by atoms with van der Waals surface area (Å²) in [5, 5.41) is 0.246. The van der Waals surface area contributed by atoms with Crippen molar-refractivity contribution in [1.29, 1.82) is 0 Å². The Morgan fingerprint density at radius 2 is 1.70 bits per heavy atom. The van der Waals surface area contributed by atoms with Crippen molar-refractivity contribution >= 4 is 13.9 Å². The zero-order valence-electron chi connectivity index (χ0n) is 14.0. The fraction of sp³-hybridized carbons (Fsp3) is 0.611. The van der Waals surface area contributed by atoms with Crippen LogP contribution in [-0.4, -0.2) is 13.9 Å². The smallest absolute Gasteiger partial charge is 0.133 e. The lowest BCUT2D eigenvalue weighted by Crippen LogP contribution is -2.46. The molecule has 0 N–H and O–H groups in total. The van der Waals surface area contributed by atoms with Crippen LogP contribution in [-0.2, 0) is 11.2 Å². The molecule has 0 spiro atoms. The van der Waals surface area contributed by atoms with Gasteiger partial charge in [-0.15, -0.1) is 0 Å². The van der Waals surface area contributed by atoms with E-state index in [0.29, 0.717) is 5.78 Å². The third kappa shape index (κ3) is 4.05. The molecule has 20 heavy (non-hydrogen) atoms. The second kappa shape index (κ2) is 6.71. The van der Waals surface area contributed by atoms with Gasteiger partial charge in [0.1, 0.15) is 5.78 Å². The summed E-state index contributed by atoms with van der Waals surface area (Å²) in [4.78, 5) is 12.7. The van der Waals surface area contributed by atoms with Crippen LogP contribution in [0.2, 0.25) is 23.7 Å². The minimum Gasteiger partial charge on any atom is -0.300 e. The Morgan fingerprint density at radius 1 is 1.15 bits per heavy atom. The lowest BCUT2D eigenvalue weighted by molar-refractivity contribution is -0.119. The molecule has 112 valence electrons. The van der Waals surface area contributed by atoms with Crippen LogP contribution >= 0.6 is 0 Å². The molecule has 0 amide bonds. The van der Waals surface area contributed by atoms with Gasteiger partial charge in [0.05, 0.1) is 8.07 Å². The summed E-state index contributed by atoms with van der Waals surface area (Å²) in [7, 11) is -1.67. The number of ketones is 1. The first-order valence-electron chi connectivity index (χ1n) is 7.76. The van der Waals surface area contributed by atoms with Crippen LogP contribution in [0.4, 0.5) is 0 Å². The highest BCUT2D eigenvalue weighted by atomic mass is 28.3. The molecule has 0 saturated carbocycles. The largest absolute Gasteiger partial charge is 0.300 e. The number of benzene rings is 1. The van der Waals surface area contributed by atoms with Crippen LogP contribution in [0.1, 0.15) is 46.1 Å². The average Bonchev–Trinajstić information content (AvgIpc) is 2.36. The Kier molecular flexibility index (Phi) is 5.75.